The van der Waals surface area contributed by atoms with Gasteiger partial charge >= 0.3 is 0 Å². The molecule has 0 amide bonds. The van der Waals surface area contributed by atoms with Gasteiger partial charge in [0.15, 0.2) is 0 Å². The van der Waals surface area contributed by atoms with Crippen molar-refractivity contribution >= 4 is 5.69 Å². The maximum atomic E-state index is 11.4. The van der Waals surface area contributed by atoms with E-state index in [-0.39, 0.29) is 5.56 Å². The van der Waals surface area contributed by atoms with E-state index in [1.165, 1.54) is 25.9 Å². The summed E-state index contributed by atoms with van der Waals surface area (Å²) >= 11 is 0. The molecule has 0 atom stereocenters. The first-order valence-electron chi connectivity index (χ1n) is 8.09. The van der Waals surface area contributed by atoms with Gasteiger partial charge in [0, 0.05) is 37.6 Å². The number of piperidine rings is 1. The number of hydrogen-bond acceptors (Lipinski definition) is 4. The zero-order valence-corrected chi connectivity index (χ0v) is 12.6. The zero-order valence-electron chi connectivity index (χ0n) is 12.6. The fourth-order valence-corrected chi connectivity index (χ4v) is 3.27. The Balaban J connectivity index is 1.39. The average molecular weight is 291 g/mol. The van der Waals surface area contributed by atoms with E-state index in [0.717, 1.165) is 44.8 Å². The summed E-state index contributed by atoms with van der Waals surface area (Å²) in [4.78, 5) is 18.8. The van der Waals surface area contributed by atoms with Crippen LogP contribution in [0.1, 0.15) is 25.7 Å². The number of likely N-dealkylation sites (tertiary alicyclic amines) is 1. The van der Waals surface area contributed by atoms with E-state index in [4.69, 9.17) is 4.74 Å². The lowest BCUT2D eigenvalue weighted by Gasteiger charge is -2.33. The van der Waals surface area contributed by atoms with Crippen LogP contribution in [-0.4, -0.2) is 55.3 Å². The number of H-pyrrole nitrogens is 1. The van der Waals surface area contributed by atoms with Crippen molar-refractivity contribution in [1.29, 1.82) is 0 Å². The monoisotopic (exact) mass is 291 g/mol. The van der Waals surface area contributed by atoms with Crippen LogP contribution in [0, 0.1) is 0 Å². The highest BCUT2D eigenvalue weighted by Crippen LogP contribution is 2.19. The number of nitrogens with zero attached hydrogens (tertiary/aromatic N) is 2. The second-order valence-electron chi connectivity index (χ2n) is 6.02. The molecule has 21 heavy (non-hydrogen) atoms. The fraction of sp³-hybridized carbons (Fsp3) is 0.688. The quantitative estimate of drug-likeness (QED) is 0.892. The standard InChI is InChI=1S/C16H25N3O2/c20-16-13-14(3-6-17-16)19-9-4-15(5-10-19)21-12-11-18-7-1-2-8-18/h3,6,13,15H,1-2,4-5,7-12H2,(H,17,20). The third-order valence-electron chi connectivity index (χ3n) is 4.53. The van der Waals surface area contributed by atoms with E-state index in [0.29, 0.717) is 6.10 Å². The molecule has 5 nitrogen and oxygen atoms in total. The Morgan fingerprint density at radius 2 is 1.95 bits per heavy atom. The molecule has 3 rings (SSSR count). The molecule has 0 radical (unpaired) electrons. The van der Waals surface area contributed by atoms with Crippen LogP contribution in [0.15, 0.2) is 23.1 Å². The number of aromatic nitrogens is 1. The highest BCUT2D eigenvalue weighted by molar-refractivity contribution is 5.44. The third-order valence-corrected chi connectivity index (χ3v) is 4.53. The van der Waals surface area contributed by atoms with Gasteiger partial charge in [-0.15, -0.1) is 0 Å². The van der Waals surface area contributed by atoms with Crippen molar-refractivity contribution in [2.75, 3.05) is 44.2 Å². The predicted molar refractivity (Wildman–Crippen MR) is 83.9 cm³/mol. The summed E-state index contributed by atoms with van der Waals surface area (Å²) in [6, 6.07) is 3.64. The molecule has 1 aromatic rings. The van der Waals surface area contributed by atoms with Crippen LogP contribution in [0.3, 0.4) is 0 Å². The number of nitrogens with one attached hydrogen (secondary N) is 1. The summed E-state index contributed by atoms with van der Waals surface area (Å²) in [6.07, 6.45) is 6.88. The highest BCUT2D eigenvalue weighted by atomic mass is 16.5. The Labute approximate surface area is 125 Å². The van der Waals surface area contributed by atoms with E-state index in [2.05, 4.69) is 14.8 Å². The summed E-state index contributed by atoms with van der Waals surface area (Å²) in [5.41, 5.74) is 0.991. The summed E-state index contributed by atoms with van der Waals surface area (Å²) in [7, 11) is 0. The Hall–Kier alpha value is -1.33. The van der Waals surface area contributed by atoms with Gasteiger partial charge in [-0.2, -0.15) is 0 Å². The minimum atomic E-state index is -0.0310. The SMILES string of the molecule is O=c1cc(N2CCC(OCCN3CCCC3)CC2)cc[nH]1. The van der Waals surface area contributed by atoms with Crippen LogP contribution in [0.25, 0.3) is 0 Å². The van der Waals surface area contributed by atoms with Crippen molar-refractivity contribution < 1.29 is 4.74 Å². The highest BCUT2D eigenvalue weighted by Gasteiger charge is 2.20. The van der Waals surface area contributed by atoms with Gasteiger partial charge in [0.1, 0.15) is 0 Å². The van der Waals surface area contributed by atoms with Crippen molar-refractivity contribution in [1.82, 2.24) is 9.88 Å². The van der Waals surface area contributed by atoms with Gasteiger partial charge in [-0.25, -0.2) is 0 Å². The Kier molecular flexibility index (Phi) is 4.93. The fourth-order valence-electron chi connectivity index (χ4n) is 3.27. The molecule has 1 aromatic heterocycles. The molecule has 0 spiro atoms. The van der Waals surface area contributed by atoms with Crippen molar-refractivity contribution in [3.05, 3.63) is 28.7 Å². The van der Waals surface area contributed by atoms with Gasteiger partial charge in [-0.1, -0.05) is 0 Å². The van der Waals surface area contributed by atoms with Crippen LogP contribution in [0.2, 0.25) is 0 Å². The van der Waals surface area contributed by atoms with Gasteiger partial charge < -0.3 is 19.5 Å². The molecule has 2 fully saturated rings. The number of aromatic amines is 1. The van der Waals surface area contributed by atoms with Crippen LogP contribution < -0.4 is 10.5 Å². The van der Waals surface area contributed by atoms with Crippen LogP contribution >= 0.6 is 0 Å². The van der Waals surface area contributed by atoms with Crippen molar-refractivity contribution in [3.8, 4) is 0 Å². The lowest BCUT2D eigenvalue weighted by Crippen LogP contribution is -2.38. The Morgan fingerprint density at radius 1 is 1.19 bits per heavy atom. The lowest BCUT2D eigenvalue weighted by atomic mass is 10.1. The molecule has 116 valence electrons. The molecule has 2 aliphatic heterocycles. The average Bonchev–Trinajstić information content (AvgIpc) is 3.01. The minimum absolute atomic E-state index is 0.0310. The molecule has 2 saturated heterocycles. The van der Waals surface area contributed by atoms with Gasteiger partial charge in [0.2, 0.25) is 5.56 Å². The third kappa shape index (κ3) is 4.08. The first kappa shape index (κ1) is 14.6. The predicted octanol–water partition coefficient (Wildman–Crippen LogP) is 1.46. The maximum Gasteiger partial charge on any atom is 0.249 e. The molecular weight excluding hydrogens is 266 g/mol. The number of hydrogen-bond donors (Lipinski definition) is 1. The molecule has 0 bridgehead atoms. The first-order chi connectivity index (χ1) is 10.3. The van der Waals surface area contributed by atoms with Gasteiger partial charge in [-0.05, 0) is 44.8 Å². The summed E-state index contributed by atoms with van der Waals surface area (Å²) in [5.74, 6) is 0. The smallest absolute Gasteiger partial charge is 0.249 e. The van der Waals surface area contributed by atoms with Crippen LogP contribution in [0.4, 0.5) is 5.69 Å². The van der Waals surface area contributed by atoms with Crippen molar-refractivity contribution in [2.45, 2.75) is 31.8 Å². The molecule has 2 aliphatic rings. The maximum absolute atomic E-state index is 11.4. The van der Waals surface area contributed by atoms with E-state index < -0.39 is 0 Å². The van der Waals surface area contributed by atoms with E-state index in [9.17, 15) is 4.79 Å². The molecular formula is C16H25N3O2. The summed E-state index contributed by atoms with van der Waals surface area (Å²) in [6.45, 7) is 6.36. The molecule has 3 heterocycles. The van der Waals surface area contributed by atoms with Gasteiger partial charge in [-0.3, -0.25) is 4.79 Å². The van der Waals surface area contributed by atoms with Crippen molar-refractivity contribution in [3.63, 3.8) is 0 Å². The normalized spacial score (nSPS) is 21.0. The van der Waals surface area contributed by atoms with Gasteiger partial charge in [0.05, 0.1) is 12.7 Å². The Morgan fingerprint density at radius 3 is 2.67 bits per heavy atom. The van der Waals surface area contributed by atoms with Gasteiger partial charge in [0.25, 0.3) is 0 Å². The summed E-state index contributed by atoms with van der Waals surface area (Å²) < 4.78 is 6.02. The number of pyridine rings is 1. The molecule has 0 aliphatic carbocycles. The number of anilines is 1. The minimum Gasteiger partial charge on any atom is -0.377 e. The topological polar surface area (TPSA) is 48.6 Å². The first-order valence-corrected chi connectivity index (χ1v) is 8.09. The summed E-state index contributed by atoms with van der Waals surface area (Å²) in [5, 5.41) is 0. The van der Waals surface area contributed by atoms with Crippen LogP contribution in [-0.2, 0) is 4.74 Å². The second kappa shape index (κ2) is 7.09. The molecule has 5 heteroatoms. The molecule has 0 saturated carbocycles. The van der Waals surface area contributed by atoms with Crippen LogP contribution in [0.5, 0.6) is 0 Å². The molecule has 0 aromatic carbocycles. The molecule has 1 N–H and O–H groups in total. The van der Waals surface area contributed by atoms with E-state index >= 15 is 0 Å². The lowest BCUT2D eigenvalue weighted by molar-refractivity contribution is 0.0266. The zero-order chi connectivity index (χ0) is 14.5. The number of ether oxygens (including phenoxy) is 1. The van der Waals surface area contributed by atoms with Crippen molar-refractivity contribution in [2.24, 2.45) is 0 Å². The number of rotatable bonds is 5. The molecule has 0 unspecified atom stereocenters. The largest absolute Gasteiger partial charge is 0.377 e. The Bertz CT molecular complexity index is 488. The second-order valence-corrected chi connectivity index (χ2v) is 6.02. The van der Waals surface area contributed by atoms with E-state index in [1.54, 1.807) is 12.3 Å². The van der Waals surface area contributed by atoms with E-state index in [1.807, 2.05) is 6.07 Å².